The summed E-state index contributed by atoms with van der Waals surface area (Å²) in [7, 11) is 1.00. The highest BCUT2D eigenvalue weighted by molar-refractivity contribution is 7.99. The second kappa shape index (κ2) is 9.92. The Bertz CT molecular complexity index is 532. The van der Waals surface area contributed by atoms with Crippen molar-refractivity contribution in [1.82, 2.24) is 10.3 Å². The fourth-order valence-corrected chi connectivity index (χ4v) is 3.44. The number of pyridine rings is 1. The van der Waals surface area contributed by atoms with Crippen LogP contribution in [0.3, 0.4) is 0 Å². The van der Waals surface area contributed by atoms with Gasteiger partial charge in [0.25, 0.3) is 0 Å². The van der Waals surface area contributed by atoms with E-state index in [9.17, 15) is 20.1 Å². The number of aliphatic hydroxyl groups is 4. The molecule has 0 saturated carbocycles. The Labute approximate surface area is 144 Å². The molecular formula is C15H24N2O6S. The van der Waals surface area contributed by atoms with E-state index in [-0.39, 0.29) is 5.91 Å². The maximum atomic E-state index is 11.3. The molecule has 1 aliphatic heterocycles. The van der Waals surface area contributed by atoms with Crippen LogP contribution in [-0.2, 0) is 9.53 Å². The van der Waals surface area contributed by atoms with Gasteiger partial charge < -0.3 is 30.5 Å². The predicted molar refractivity (Wildman–Crippen MR) is 88.3 cm³/mol. The average Bonchev–Trinajstić information content (AvgIpc) is 2.56. The third-order valence-electron chi connectivity index (χ3n) is 3.35. The van der Waals surface area contributed by atoms with E-state index in [1.165, 1.54) is 18.7 Å². The lowest BCUT2D eigenvalue weighted by atomic mass is 9.98. The van der Waals surface area contributed by atoms with E-state index >= 15 is 0 Å². The van der Waals surface area contributed by atoms with E-state index in [2.05, 4.69) is 10.3 Å². The van der Waals surface area contributed by atoms with E-state index in [0.29, 0.717) is 5.03 Å². The van der Waals surface area contributed by atoms with E-state index in [4.69, 9.17) is 9.84 Å². The zero-order valence-corrected chi connectivity index (χ0v) is 14.6. The van der Waals surface area contributed by atoms with E-state index in [0.717, 1.165) is 12.8 Å². The number of aryl methyl sites for hydroxylation is 1. The number of amides is 1. The number of aliphatic hydroxyl groups excluding tert-OH is 4. The molecule has 1 aromatic rings. The topological polar surface area (TPSA) is 132 Å². The fourth-order valence-electron chi connectivity index (χ4n) is 2.27. The molecule has 24 heavy (non-hydrogen) atoms. The van der Waals surface area contributed by atoms with Crippen LogP contribution in [0.25, 0.3) is 0 Å². The summed E-state index contributed by atoms with van der Waals surface area (Å²) in [6.45, 7) is 2.75. The molecular weight excluding hydrogens is 336 g/mol. The number of hydrogen-bond acceptors (Lipinski definition) is 8. The summed E-state index contributed by atoms with van der Waals surface area (Å²) >= 11 is 1.22. The van der Waals surface area contributed by atoms with Crippen molar-refractivity contribution in [2.75, 3.05) is 13.7 Å². The Morgan fingerprint density at radius 3 is 2.54 bits per heavy atom. The van der Waals surface area contributed by atoms with Gasteiger partial charge in [-0.05, 0) is 19.1 Å². The molecule has 1 aliphatic rings. The molecule has 5 N–H and O–H groups in total. The smallest absolute Gasteiger partial charge is 0.217 e. The minimum absolute atomic E-state index is 0.343. The first-order chi connectivity index (χ1) is 11.4. The quantitative estimate of drug-likeness (QED) is 0.464. The number of nitrogens with zero attached hydrogens (tertiary/aromatic N) is 1. The van der Waals surface area contributed by atoms with E-state index in [1.807, 2.05) is 19.1 Å². The van der Waals surface area contributed by atoms with Crippen LogP contribution in [-0.4, -0.2) is 74.8 Å². The molecule has 0 aromatic carbocycles. The maximum Gasteiger partial charge on any atom is 0.217 e. The Balaban J connectivity index is 0.00000139. The molecule has 1 amide bonds. The van der Waals surface area contributed by atoms with Gasteiger partial charge in [0.1, 0.15) is 23.7 Å². The zero-order valence-electron chi connectivity index (χ0n) is 13.8. The molecule has 0 unspecified atom stereocenters. The van der Waals surface area contributed by atoms with Crippen molar-refractivity contribution in [2.45, 2.75) is 48.7 Å². The lowest BCUT2D eigenvalue weighted by Crippen LogP contribution is -2.63. The van der Waals surface area contributed by atoms with Crippen LogP contribution < -0.4 is 5.32 Å². The summed E-state index contributed by atoms with van der Waals surface area (Å²) in [4.78, 5) is 15.7. The van der Waals surface area contributed by atoms with Crippen LogP contribution in [0.4, 0.5) is 0 Å². The number of rotatable bonds is 4. The molecule has 9 heteroatoms. The van der Waals surface area contributed by atoms with Crippen LogP contribution in [0.2, 0.25) is 0 Å². The molecule has 0 spiro atoms. The van der Waals surface area contributed by atoms with Gasteiger partial charge in [-0.15, -0.1) is 0 Å². The Hall–Kier alpha value is -1.23. The lowest BCUT2D eigenvalue weighted by Gasteiger charge is -2.42. The maximum absolute atomic E-state index is 11.3. The normalized spacial score (nSPS) is 29.4. The van der Waals surface area contributed by atoms with Gasteiger partial charge in [-0.3, -0.25) is 4.79 Å². The molecule has 0 bridgehead atoms. The minimum atomic E-state index is -1.27. The van der Waals surface area contributed by atoms with Crippen molar-refractivity contribution in [3.63, 3.8) is 0 Å². The van der Waals surface area contributed by atoms with Gasteiger partial charge in [0, 0.05) is 19.7 Å². The molecule has 0 aliphatic carbocycles. The highest BCUT2D eigenvalue weighted by Crippen LogP contribution is 2.32. The largest absolute Gasteiger partial charge is 0.400 e. The van der Waals surface area contributed by atoms with Crippen molar-refractivity contribution in [3.8, 4) is 0 Å². The van der Waals surface area contributed by atoms with Crippen LogP contribution in [0.5, 0.6) is 0 Å². The molecule has 1 saturated heterocycles. The molecule has 8 nitrogen and oxygen atoms in total. The van der Waals surface area contributed by atoms with Crippen molar-refractivity contribution in [1.29, 1.82) is 0 Å². The number of aromatic nitrogens is 1. The molecule has 2 rings (SSSR count). The van der Waals surface area contributed by atoms with Crippen molar-refractivity contribution in [2.24, 2.45) is 0 Å². The van der Waals surface area contributed by atoms with Gasteiger partial charge in [0.2, 0.25) is 5.91 Å². The number of carbonyl (C=O) groups is 1. The standard InChI is InChI=1S/C14H20N2O5S.CH4O/c1-7-4-3-5-10(15-7)22-14-11(16-8(2)18)13(20)12(19)9(6-17)21-14;1-2/h3-5,9,11-14,17,19-20H,6H2,1-2H3,(H,16,18);2H,1H3/t9-,11-,12-,13-,14+;/m1./s1. The first-order valence-corrected chi connectivity index (χ1v) is 8.25. The van der Waals surface area contributed by atoms with Gasteiger partial charge >= 0.3 is 0 Å². The predicted octanol–water partition coefficient (Wildman–Crippen LogP) is -0.966. The minimum Gasteiger partial charge on any atom is -0.400 e. The molecule has 1 aromatic heterocycles. The SMILES string of the molecule is CC(=O)N[C@@H]1[C@@H](O)[C@H](O)[C@@H](CO)O[C@H]1Sc1cccc(C)n1.CO. The Morgan fingerprint density at radius 1 is 1.33 bits per heavy atom. The Morgan fingerprint density at radius 2 is 2.00 bits per heavy atom. The highest BCUT2D eigenvalue weighted by Gasteiger charge is 2.45. The van der Waals surface area contributed by atoms with E-state index < -0.39 is 36.4 Å². The van der Waals surface area contributed by atoms with Crippen molar-refractivity contribution < 1.29 is 30.0 Å². The van der Waals surface area contributed by atoms with E-state index in [1.54, 1.807) is 6.07 Å². The summed E-state index contributed by atoms with van der Waals surface area (Å²) < 4.78 is 5.62. The van der Waals surface area contributed by atoms with Gasteiger partial charge in [0.15, 0.2) is 0 Å². The third kappa shape index (κ3) is 5.40. The average molecular weight is 360 g/mol. The van der Waals surface area contributed by atoms with Gasteiger partial charge in [0.05, 0.1) is 17.7 Å². The van der Waals surface area contributed by atoms with Crippen LogP contribution in [0.1, 0.15) is 12.6 Å². The number of carbonyl (C=O) groups excluding carboxylic acids is 1. The second-order valence-corrected chi connectivity index (χ2v) is 6.29. The zero-order chi connectivity index (χ0) is 18.3. The number of thioether (sulfide) groups is 1. The Kier molecular flexibility index (Phi) is 8.60. The van der Waals surface area contributed by atoms with Crippen LogP contribution >= 0.6 is 11.8 Å². The summed E-state index contributed by atoms with van der Waals surface area (Å²) in [5.41, 5.74) is 0.157. The van der Waals surface area contributed by atoms with Gasteiger partial charge in [-0.2, -0.15) is 0 Å². The monoisotopic (exact) mass is 360 g/mol. The molecule has 2 heterocycles. The molecule has 5 atom stereocenters. The van der Waals surface area contributed by atoms with Crippen LogP contribution in [0, 0.1) is 6.92 Å². The van der Waals surface area contributed by atoms with Gasteiger partial charge in [-0.25, -0.2) is 4.98 Å². The number of ether oxygens (including phenoxy) is 1. The summed E-state index contributed by atoms with van der Waals surface area (Å²) in [6, 6.07) is 4.68. The summed E-state index contributed by atoms with van der Waals surface area (Å²) in [6.07, 6.45) is -3.43. The third-order valence-corrected chi connectivity index (χ3v) is 4.46. The summed E-state index contributed by atoms with van der Waals surface area (Å²) in [5.74, 6) is -0.343. The number of hydrogen-bond donors (Lipinski definition) is 5. The summed E-state index contributed by atoms with van der Waals surface area (Å²) in [5, 5.41) is 39.7. The first kappa shape index (κ1) is 20.8. The highest BCUT2D eigenvalue weighted by atomic mass is 32.2. The molecule has 136 valence electrons. The van der Waals surface area contributed by atoms with Crippen molar-refractivity contribution in [3.05, 3.63) is 23.9 Å². The lowest BCUT2D eigenvalue weighted by molar-refractivity contribution is -0.173. The van der Waals surface area contributed by atoms with Crippen LogP contribution in [0.15, 0.2) is 23.2 Å². The molecule has 0 radical (unpaired) electrons. The van der Waals surface area contributed by atoms with Gasteiger partial charge in [-0.1, -0.05) is 17.8 Å². The number of nitrogens with one attached hydrogen (secondary N) is 1. The fraction of sp³-hybridized carbons (Fsp3) is 0.600. The van der Waals surface area contributed by atoms with Crippen molar-refractivity contribution >= 4 is 17.7 Å². The second-order valence-electron chi connectivity index (χ2n) is 5.17. The first-order valence-electron chi connectivity index (χ1n) is 7.37. The molecule has 1 fully saturated rings.